The van der Waals surface area contributed by atoms with Crippen LogP contribution in [0.5, 0.6) is 5.75 Å². The van der Waals surface area contributed by atoms with Crippen LogP contribution in [0.4, 0.5) is 11.4 Å². The van der Waals surface area contributed by atoms with Gasteiger partial charge in [-0.25, -0.2) is 8.42 Å². The number of hydrogen-bond acceptors (Lipinski definition) is 5. The molecule has 2 N–H and O–H groups in total. The average molecular weight is 582 g/mol. The minimum atomic E-state index is -3.49. The van der Waals surface area contributed by atoms with Crippen molar-refractivity contribution >= 4 is 50.3 Å². The van der Waals surface area contributed by atoms with Crippen LogP contribution in [-0.2, 0) is 10.0 Å². The number of thiocarbonyl (C=S) groups is 1. The van der Waals surface area contributed by atoms with Crippen LogP contribution in [0.1, 0.15) is 34.7 Å². The second-order valence-corrected chi connectivity index (χ2v) is 11.9. The minimum Gasteiger partial charge on any atom is -0.494 e. The molecule has 11 heteroatoms. The topological polar surface area (TPSA) is 88.5 Å². The molecular formula is C28H28ClN5O3S2. The van der Waals surface area contributed by atoms with E-state index in [1.165, 1.54) is 7.11 Å². The summed E-state index contributed by atoms with van der Waals surface area (Å²) in [6.07, 6.45) is 2.86. The number of rotatable bonds is 7. The molecule has 1 fully saturated rings. The zero-order valence-corrected chi connectivity index (χ0v) is 24.2. The molecule has 1 aliphatic heterocycles. The molecule has 0 aliphatic carbocycles. The monoisotopic (exact) mass is 581 g/mol. The van der Waals surface area contributed by atoms with E-state index >= 15 is 0 Å². The molecule has 1 aliphatic rings. The van der Waals surface area contributed by atoms with Crippen molar-refractivity contribution in [3.8, 4) is 11.4 Å². The Balaban J connectivity index is 1.67. The van der Waals surface area contributed by atoms with E-state index in [2.05, 4.69) is 39.5 Å². The van der Waals surface area contributed by atoms with Gasteiger partial charge in [0.25, 0.3) is 0 Å². The molecule has 0 unspecified atom stereocenters. The van der Waals surface area contributed by atoms with Gasteiger partial charge in [0.2, 0.25) is 10.0 Å². The number of hydrogen-bond donors (Lipinski definition) is 2. The molecule has 3 heterocycles. The van der Waals surface area contributed by atoms with Gasteiger partial charge in [0.1, 0.15) is 5.75 Å². The lowest BCUT2D eigenvalue weighted by molar-refractivity contribution is 0.417. The van der Waals surface area contributed by atoms with E-state index in [-0.39, 0.29) is 12.1 Å². The van der Waals surface area contributed by atoms with Crippen molar-refractivity contribution in [2.45, 2.75) is 25.9 Å². The fourth-order valence-electron chi connectivity index (χ4n) is 5.15. The summed E-state index contributed by atoms with van der Waals surface area (Å²) < 4.78 is 34.0. The largest absolute Gasteiger partial charge is 0.494 e. The molecule has 0 spiro atoms. The number of pyridine rings is 1. The summed E-state index contributed by atoms with van der Waals surface area (Å²) in [5.74, 6) is 0.377. The highest BCUT2D eigenvalue weighted by Gasteiger charge is 2.42. The maximum absolute atomic E-state index is 11.9. The maximum atomic E-state index is 11.9. The van der Waals surface area contributed by atoms with Gasteiger partial charge in [-0.1, -0.05) is 29.8 Å². The van der Waals surface area contributed by atoms with Crippen molar-refractivity contribution in [3.05, 3.63) is 101 Å². The molecule has 0 saturated carbocycles. The molecule has 39 heavy (non-hydrogen) atoms. The van der Waals surface area contributed by atoms with E-state index < -0.39 is 10.0 Å². The van der Waals surface area contributed by atoms with E-state index in [9.17, 15) is 8.42 Å². The van der Waals surface area contributed by atoms with Crippen LogP contribution in [0.3, 0.4) is 0 Å². The van der Waals surface area contributed by atoms with Crippen LogP contribution < -0.4 is 19.7 Å². The van der Waals surface area contributed by atoms with E-state index in [4.69, 9.17) is 28.6 Å². The first-order valence-electron chi connectivity index (χ1n) is 12.2. The molecule has 2 atom stereocenters. The number of ether oxygens (including phenoxy) is 1. The molecule has 8 nitrogen and oxygen atoms in total. The zero-order chi connectivity index (χ0) is 27.9. The molecule has 0 amide bonds. The van der Waals surface area contributed by atoms with Crippen molar-refractivity contribution in [2.24, 2.45) is 0 Å². The number of methoxy groups -OCH3 is 1. The number of nitrogens with zero attached hydrogens (tertiary/aromatic N) is 3. The van der Waals surface area contributed by atoms with Gasteiger partial charge in [-0.15, -0.1) is 0 Å². The third-order valence-corrected chi connectivity index (χ3v) is 7.96. The Kier molecular flexibility index (Phi) is 7.28. The second kappa shape index (κ2) is 10.5. The summed E-state index contributed by atoms with van der Waals surface area (Å²) in [5, 5.41) is 4.64. The first kappa shape index (κ1) is 27.0. The standard InChI is InChI=1S/C28H28ClN5O3S2/c1-17-15-20(18(2)33(17)24-11-6-5-9-21(24)29)27-26(23-10-7-8-14-30-23)31-28(38)34(27)19-12-13-22(25(16-19)37-3)32-39(4,35)36/h5-16,26-27,32H,1-4H3,(H,31,38)/t26-,27+/m1/s1. The van der Waals surface area contributed by atoms with E-state index in [0.29, 0.717) is 21.6 Å². The molecule has 2 aromatic carbocycles. The minimum absolute atomic E-state index is 0.251. The van der Waals surface area contributed by atoms with Crippen molar-refractivity contribution in [3.63, 3.8) is 0 Å². The third-order valence-electron chi connectivity index (χ3n) is 6.74. The summed E-state index contributed by atoms with van der Waals surface area (Å²) in [4.78, 5) is 6.67. The summed E-state index contributed by atoms with van der Waals surface area (Å²) >= 11 is 12.5. The van der Waals surface area contributed by atoms with Gasteiger partial charge in [-0.3, -0.25) is 9.71 Å². The molecule has 0 bridgehead atoms. The lowest BCUT2D eigenvalue weighted by Gasteiger charge is -2.29. The van der Waals surface area contributed by atoms with Gasteiger partial charge in [0, 0.05) is 29.3 Å². The predicted octanol–water partition coefficient (Wildman–Crippen LogP) is 5.70. The Morgan fingerprint density at radius 1 is 1.08 bits per heavy atom. The molecule has 1 saturated heterocycles. The van der Waals surface area contributed by atoms with E-state index in [0.717, 1.165) is 40.3 Å². The SMILES string of the molecule is COc1cc(N2C(=S)N[C@H](c3ccccn3)[C@@H]2c2cc(C)n(-c3ccccc3Cl)c2C)ccc1NS(C)(=O)=O. The zero-order valence-electron chi connectivity index (χ0n) is 21.8. The predicted molar refractivity (Wildman–Crippen MR) is 160 cm³/mol. The van der Waals surface area contributed by atoms with Crippen molar-refractivity contribution in [1.29, 1.82) is 0 Å². The van der Waals surface area contributed by atoms with Crippen molar-refractivity contribution in [1.82, 2.24) is 14.9 Å². The highest BCUT2D eigenvalue weighted by atomic mass is 35.5. The third kappa shape index (κ3) is 5.19. The fraction of sp³-hybridized carbons (Fsp3) is 0.214. The van der Waals surface area contributed by atoms with Gasteiger partial charge in [-0.2, -0.15) is 0 Å². The Labute approximate surface area is 238 Å². The molecule has 5 rings (SSSR count). The van der Waals surface area contributed by atoms with Gasteiger partial charge >= 0.3 is 0 Å². The van der Waals surface area contributed by atoms with Crippen LogP contribution in [0.25, 0.3) is 5.69 Å². The number of para-hydroxylation sites is 1. The highest BCUT2D eigenvalue weighted by Crippen LogP contribution is 2.45. The smallest absolute Gasteiger partial charge is 0.229 e. The Morgan fingerprint density at radius 3 is 2.49 bits per heavy atom. The molecular weight excluding hydrogens is 554 g/mol. The van der Waals surface area contributed by atoms with E-state index in [1.807, 2.05) is 53.4 Å². The molecule has 4 aromatic rings. The lowest BCUT2D eigenvalue weighted by atomic mass is 9.96. The molecule has 202 valence electrons. The number of aryl methyl sites for hydroxylation is 1. The normalized spacial score (nSPS) is 17.3. The fourth-order valence-corrected chi connectivity index (χ4v) is 6.29. The van der Waals surface area contributed by atoms with Crippen molar-refractivity contribution < 1.29 is 13.2 Å². The lowest BCUT2D eigenvalue weighted by Crippen LogP contribution is -2.29. The van der Waals surface area contributed by atoms with Crippen LogP contribution in [-0.4, -0.2) is 36.4 Å². The first-order valence-corrected chi connectivity index (χ1v) is 14.9. The van der Waals surface area contributed by atoms with Gasteiger partial charge < -0.3 is 19.5 Å². The van der Waals surface area contributed by atoms with E-state index in [1.54, 1.807) is 18.3 Å². The first-order chi connectivity index (χ1) is 18.6. The van der Waals surface area contributed by atoms with Crippen molar-refractivity contribution in [2.75, 3.05) is 23.0 Å². The van der Waals surface area contributed by atoms with Crippen LogP contribution >= 0.6 is 23.8 Å². The molecule has 2 aromatic heterocycles. The molecule has 0 radical (unpaired) electrons. The van der Waals surface area contributed by atoms with Crippen LogP contribution in [0, 0.1) is 13.8 Å². The van der Waals surface area contributed by atoms with Gasteiger partial charge in [0.05, 0.1) is 47.5 Å². The summed E-state index contributed by atoms with van der Waals surface area (Å²) in [6.45, 7) is 4.12. The Bertz CT molecular complexity index is 1660. The number of nitrogens with one attached hydrogen (secondary N) is 2. The quantitative estimate of drug-likeness (QED) is 0.271. The Morgan fingerprint density at radius 2 is 1.82 bits per heavy atom. The number of sulfonamides is 1. The number of halogens is 1. The van der Waals surface area contributed by atoms with Gasteiger partial charge in [-0.05, 0) is 74.1 Å². The summed E-state index contributed by atoms with van der Waals surface area (Å²) in [7, 11) is -1.99. The number of benzene rings is 2. The number of anilines is 2. The van der Waals surface area contributed by atoms with Crippen LogP contribution in [0.2, 0.25) is 5.02 Å². The Hall–Kier alpha value is -3.60. The van der Waals surface area contributed by atoms with Crippen LogP contribution in [0.15, 0.2) is 72.9 Å². The maximum Gasteiger partial charge on any atom is 0.229 e. The van der Waals surface area contributed by atoms with Gasteiger partial charge in [0.15, 0.2) is 5.11 Å². The summed E-state index contributed by atoms with van der Waals surface area (Å²) in [6, 6.07) is 20.5. The number of aromatic nitrogens is 2. The average Bonchev–Trinajstić information content (AvgIpc) is 3.39. The second-order valence-electron chi connectivity index (χ2n) is 9.37. The summed E-state index contributed by atoms with van der Waals surface area (Å²) in [5.41, 5.74) is 5.92. The highest BCUT2D eigenvalue weighted by molar-refractivity contribution is 7.92.